The van der Waals surface area contributed by atoms with E-state index in [1.807, 2.05) is 27.7 Å². The summed E-state index contributed by atoms with van der Waals surface area (Å²) in [6.45, 7) is 9.81. The topological polar surface area (TPSA) is 98.7 Å². The minimum Gasteiger partial charge on any atom is -0.480 e. The lowest BCUT2D eigenvalue weighted by Crippen LogP contribution is -2.48. The van der Waals surface area contributed by atoms with Crippen molar-refractivity contribution in [3.05, 3.63) is 0 Å². The predicted octanol–water partition coefficient (Wildman–Crippen LogP) is 2.07. The SMILES string of the molecule is CC(C)CNC(=O)N1CCCC(CC(=O)N[C@@H](CC(C)C)C(=O)O)C1. The summed E-state index contributed by atoms with van der Waals surface area (Å²) in [7, 11) is 0. The van der Waals surface area contributed by atoms with Crippen molar-refractivity contribution < 1.29 is 19.5 Å². The highest BCUT2D eigenvalue weighted by molar-refractivity contribution is 5.83. The number of urea groups is 1. The van der Waals surface area contributed by atoms with Crippen LogP contribution in [-0.4, -0.2) is 53.6 Å². The minimum atomic E-state index is -1.000. The van der Waals surface area contributed by atoms with Crippen LogP contribution in [0.15, 0.2) is 0 Å². The average molecular weight is 355 g/mol. The molecule has 0 aromatic carbocycles. The number of nitrogens with zero attached hydrogens (tertiary/aromatic N) is 1. The standard InChI is InChI=1S/C18H33N3O4/c1-12(2)8-15(17(23)24)20-16(22)9-14-6-5-7-21(11-14)18(25)19-10-13(3)4/h12-15H,5-11H2,1-4H3,(H,19,25)(H,20,22)(H,23,24)/t14?,15-/m0/s1. The molecule has 1 rings (SSSR count). The van der Waals surface area contributed by atoms with Crippen LogP contribution in [0.1, 0.15) is 53.4 Å². The van der Waals surface area contributed by atoms with Gasteiger partial charge in [-0.3, -0.25) is 4.79 Å². The zero-order valence-electron chi connectivity index (χ0n) is 15.9. The third kappa shape index (κ3) is 8.23. The lowest BCUT2D eigenvalue weighted by molar-refractivity contribution is -0.142. The van der Waals surface area contributed by atoms with E-state index in [2.05, 4.69) is 10.6 Å². The van der Waals surface area contributed by atoms with Crippen LogP contribution in [0.5, 0.6) is 0 Å². The third-order valence-corrected chi connectivity index (χ3v) is 4.28. The Kier molecular flexibility index (Phi) is 8.72. The van der Waals surface area contributed by atoms with Crippen LogP contribution in [0.3, 0.4) is 0 Å². The van der Waals surface area contributed by atoms with Crippen LogP contribution in [0.2, 0.25) is 0 Å². The van der Waals surface area contributed by atoms with Crippen molar-refractivity contribution in [1.82, 2.24) is 15.5 Å². The van der Waals surface area contributed by atoms with Crippen molar-refractivity contribution in [3.63, 3.8) is 0 Å². The Hall–Kier alpha value is -1.79. The van der Waals surface area contributed by atoms with Crippen LogP contribution in [-0.2, 0) is 9.59 Å². The van der Waals surface area contributed by atoms with E-state index in [-0.39, 0.29) is 30.2 Å². The normalized spacial score (nSPS) is 19.0. The second kappa shape index (κ2) is 10.3. The zero-order valence-corrected chi connectivity index (χ0v) is 15.9. The Morgan fingerprint density at radius 3 is 2.40 bits per heavy atom. The number of piperidine rings is 1. The fourth-order valence-corrected chi connectivity index (χ4v) is 3.03. The maximum absolute atomic E-state index is 12.2. The molecule has 1 aliphatic rings. The molecule has 2 atom stereocenters. The summed E-state index contributed by atoms with van der Waals surface area (Å²) < 4.78 is 0. The monoisotopic (exact) mass is 355 g/mol. The van der Waals surface area contributed by atoms with Gasteiger partial charge in [0.1, 0.15) is 6.04 Å². The van der Waals surface area contributed by atoms with E-state index in [4.69, 9.17) is 0 Å². The van der Waals surface area contributed by atoms with Crippen LogP contribution in [0.4, 0.5) is 4.79 Å². The molecule has 1 unspecified atom stereocenters. The Morgan fingerprint density at radius 1 is 1.16 bits per heavy atom. The second-order valence-corrected chi connectivity index (χ2v) is 7.83. The van der Waals surface area contributed by atoms with Crippen LogP contribution < -0.4 is 10.6 Å². The van der Waals surface area contributed by atoms with E-state index in [9.17, 15) is 19.5 Å². The summed E-state index contributed by atoms with van der Waals surface area (Å²) in [5, 5.41) is 14.7. The van der Waals surface area contributed by atoms with E-state index < -0.39 is 12.0 Å². The van der Waals surface area contributed by atoms with E-state index in [1.165, 1.54) is 0 Å². The number of hydrogen-bond donors (Lipinski definition) is 3. The molecule has 0 aromatic heterocycles. The van der Waals surface area contributed by atoms with Crippen molar-refractivity contribution in [1.29, 1.82) is 0 Å². The van der Waals surface area contributed by atoms with E-state index >= 15 is 0 Å². The molecule has 0 aliphatic carbocycles. The number of nitrogens with one attached hydrogen (secondary N) is 2. The minimum absolute atomic E-state index is 0.0760. The largest absolute Gasteiger partial charge is 0.480 e. The zero-order chi connectivity index (χ0) is 19.0. The summed E-state index contributed by atoms with van der Waals surface area (Å²) in [5.41, 5.74) is 0. The molecule has 1 fully saturated rings. The van der Waals surface area contributed by atoms with E-state index in [0.717, 1.165) is 12.8 Å². The third-order valence-electron chi connectivity index (χ3n) is 4.28. The highest BCUT2D eigenvalue weighted by atomic mass is 16.4. The summed E-state index contributed by atoms with van der Waals surface area (Å²) in [6.07, 6.45) is 2.41. The molecule has 1 aliphatic heterocycles. The summed E-state index contributed by atoms with van der Waals surface area (Å²) >= 11 is 0. The average Bonchev–Trinajstić information content (AvgIpc) is 2.51. The quantitative estimate of drug-likeness (QED) is 0.621. The number of carboxylic acids is 1. The lowest BCUT2D eigenvalue weighted by Gasteiger charge is -2.33. The molecule has 0 aromatic rings. The predicted molar refractivity (Wildman–Crippen MR) is 96.2 cm³/mol. The first-order chi connectivity index (χ1) is 11.7. The smallest absolute Gasteiger partial charge is 0.326 e. The molecule has 0 spiro atoms. The Bertz CT molecular complexity index is 465. The fourth-order valence-electron chi connectivity index (χ4n) is 3.03. The van der Waals surface area contributed by atoms with Gasteiger partial charge in [0.05, 0.1) is 0 Å². The van der Waals surface area contributed by atoms with Gasteiger partial charge in [-0.05, 0) is 37.0 Å². The molecule has 0 radical (unpaired) electrons. The van der Waals surface area contributed by atoms with Crippen LogP contribution >= 0.6 is 0 Å². The van der Waals surface area contributed by atoms with Crippen molar-refractivity contribution >= 4 is 17.9 Å². The van der Waals surface area contributed by atoms with Gasteiger partial charge in [0.15, 0.2) is 0 Å². The maximum Gasteiger partial charge on any atom is 0.326 e. The number of likely N-dealkylation sites (tertiary alicyclic amines) is 1. The second-order valence-electron chi connectivity index (χ2n) is 7.83. The summed E-state index contributed by atoms with van der Waals surface area (Å²) in [6, 6.07) is -0.927. The molecule has 0 saturated carbocycles. The molecule has 1 heterocycles. The first-order valence-corrected chi connectivity index (χ1v) is 9.24. The van der Waals surface area contributed by atoms with Gasteiger partial charge in [-0.15, -0.1) is 0 Å². The molecular formula is C18H33N3O4. The number of aliphatic carboxylic acids is 1. The van der Waals surface area contributed by atoms with Gasteiger partial charge in [0.25, 0.3) is 0 Å². The van der Waals surface area contributed by atoms with Gasteiger partial charge in [0.2, 0.25) is 5.91 Å². The maximum atomic E-state index is 12.2. The number of rotatable bonds is 8. The van der Waals surface area contributed by atoms with Gasteiger partial charge >= 0.3 is 12.0 Å². The summed E-state index contributed by atoms with van der Waals surface area (Å²) in [5.74, 6) is -0.588. The van der Waals surface area contributed by atoms with Crippen LogP contribution in [0, 0.1) is 17.8 Å². The van der Waals surface area contributed by atoms with Gasteiger partial charge in [-0.2, -0.15) is 0 Å². The molecule has 3 amide bonds. The Labute approximate surface area is 150 Å². The number of carboxylic acid groups (broad SMARTS) is 1. The first-order valence-electron chi connectivity index (χ1n) is 9.24. The number of carbonyl (C=O) groups is 3. The molecule has 144 valence electrons. The van der Waals surface area contributed by atoms with Crippen molar-refractivity contribution in [2.75, 3.05) is 19.6 Å². The van der Waals surface area contributed by atoms with Crippen LogP contribution in [0.25, 0.3) is 0 Å². The van der Waals surface area contributed by atoms with Gasteiger partial charge < -0.3 is 20.6 Å². The molecule has 1 saturated heterocycles. The summed E-state index contributed by atoms with van der Waals surface area (Å²) in [4.78, 5) is 37.4. The Morgan fingerprint density at radius 2 is 1.84 bits per heavy atom. The highest BCUT2D eigenvalue weighted by Crippen LogP contribution is 2.20. The van der Waals surface area contributed by atoms with Gasteiger partial charge in [-0.1, -0.05) is 27.7 Å². The van der Waals surface area contributed by atoms with Gasteiger partial charge in [-0.25, -0.2) is 9.59 Å². The van der Waals surface area contributed by atoms with Crippen molar-refractivity contribution in [3.8, 4) is 0 Å². The number of hydrogen-bond acceptors (Lipinski definition) is 3. The molecular weight excluding hydrogens is 322 g/mol. The number of amides is 3. The first kappa shape index (κ1) is 21.3. The van der Waals surface area contributed by atoms with E-state index in [0.29, 0.717) is 32.0 Å². The highest BCUT2D eigenvalue weighted by Gasteiger charge is 2.27. The fraction of sp³-hybridized carbons (Fsp3) is 0.833. The van der Waals surface area contributed by atoms with Crippen molar-refractivity contribution in [2.45, 2.75) is 59.4 Å². The van der Waals surface area contributed by atoms with Gasteiger partial charge in [0, 0.05) is 26.1 Å². The molecule has 7 nitrogen and oxygen atoms in total. The molecule has 3 N–H and O–H groups in total. The Balaban J connectivity index is 2.48. The molecule has 0 bridgehead atoms. The molecule has 7 heteroatoms. The number of carbonyl (C=O) groups excluding carboxylic acids is 2. The van der Waals surface area contributed by atoms with Crippen molar-refractivity contribution in [2.24, 2.45) is 17.8 Å². The molecule has 25 heavy (non-hydrogen) atoms. The van der Waals surface area contributed by atoms with E-state index in [1.54, 1.807) is 4.90 Å². The lowest BCUT2D eigenvalue weighted by atomic mass is 9.94.